The van der Waals surface area contributed by atoms with E-state index >= 15 is 0 Å². The number of alkyl halides is 3. The van der Waals surface area contributed by atoms with E-state index in [2.05, 4.69) is 10.4 Å². The van der Waals surface area contributed by atoms with Crippen molar-refractivity contribution in [1.82, 2.24) is 5.01 Å². The number of carbonyl (C=O) groups is 1. The molecule has 13 heteroatoms. The van der Waals surface area contributed by atoms with Gasteiger partial charge >= 0.3 is 6.18 Å². The van der Waals surface area contributed by atoms with Crippen LogP contribution >= 0.6 is 11.8 Å². The Labute approximate surface area is 187 Å². The molecule has 0 saturated carbocycles. The molecule has 2 rings (SSSR count). The summed E-state index contributed by atoms with van der Waals surface area (Å²) >= 11 is 1.06. The van der Waals surface area contributed by atoms with Crippen LogP contribution in [0.15, 0.2) is 46.4 Å². The van der Waals surface area contributed by atoms with E-state index in [0.29, 0.717) is 10.6 Å². The van der Waals surface area contributed by atoms with Gasteiger partial charge in [0.2, 0.25) is 5.17 Å². The Morgan fingerprint density at radius 2 is 1.88 bits per heavy atom. The number of hydrazine groups is 1. The Kier molecular flexibility index (Phi) is 8.32. The minimum Gasteiger partial charge on any atom is -0.377 e. The molecular formula is C19H25F3N7O2S+. The van der Waals surface area contributed by atoms with Crippen molar-refractivity contribution in [3.63, 3.8) is 0 Å². The van der Waals surface area contributed by atoms with Crippen molar-refractivity contribution in [2.75, 3.05) is 38.5 Å². The lowest BCUT2D eigenvalue weighted by molar-refractivity contribution is -0.830. The highest BCUT2D eigenvalue weighted by molar-refractivity contribution is 8.13. The predicted molar refractivity (Wildman–Crippen MR) is 118 cm³/mol. The number of hydrogen-bond donors (Lipinski definition) is 4. The van der Waals surface area contributed by atoms with E-state index in [-0.39, 0.29) is 22.1 Å². The Morgan fingerprint density at radius 1 is 1.19 bits per heavy atom. The minimum absolute atomic E-state index is 0.0753. The standard InChI is InChI=1S/C19H24F3N7O2S/c1-28(2)15-10-11(5-7-14(15)19(20,21)22)25-17(30)13-9-12(27-31-4)6-8-16(13)32-18(26-23)29(3)24/h5-10,27H,23-24H2,1-4H3,(H,25,30)/p+1/b26-18+. The van der Waals surface area contributed by atoms with Crippen LogP contribution in [0.2, 0.25) is 0 Å². The van der Waals surface area contributed by atoms with Crippen molar-refractivity contribution in [3.8, 4) is 0 Å². The van der Waals surface area contributed by atoms with E-state index in [0.717, 1.165) is 17.8 Å². The fraction of sp³-hybridized carbons (Fsp3) is 0.263. The number of amidine groups is 1. The van der Waals surface area contributed by atoms with Crippen molar-refractivity contribution in [2.24, 2.45) is 16.8 Å². The van der Waals surface area contributed by atoms with Gasteiger partial charge in [-0.05, 0) is 36.0 Å². The summed E-state index contributed by atoms with van der Waals surface area (Å²) in [5.74, 6) is 10.5. The fourth-order valence-electron chi connectivity index (χ4n) is 2.73. The van der Waals surface area contributed by atoms with E-state index in [1.807, 2.05) is 0 Å². The van der Waals surface area contributed by atoms with Gasteiger partial charge < -0.3 is 16.1 Å². The molecular weight excluding hydrogens is 447 g/mol. The molecule has 0 aliphatic carbocycles. The van der Waals surface area contributed by atoms with Crippen molar-refractivity contribution in [1.29, 1.82) is 0 Å². The molecule has 174 valence electrons. The highest BCUT2D eigenvalue weighted by atomic mass is 32.2. The summed E-state index contributed by atoms with van der Waals surface area (Å²) in [5, 5.41) is 7.68. The second kappa shape index (κ2) is 10.5. The monoisotopic (exact) mass is 472 g/mol. The summed E-state index contributed by atoms with van der Waals surface area (Å²) in [4.78, 5) is 19.9. The van der Waals surface area contributed by atoms with Gasteiger partial charge in [0.25, 0.3) is 5.91 Å². The molecule has 0 unspecified atom stereocenters. The molecule has 0 saturated heterocycles. The third-order valence-corrected chi connectivity index (χ3v) is 5.31. The first-order chi connectivity index (χ1) is 15.0. The molecule has 2 aromatic carbocycles. The van der Waals surface area contributed by atoms with Gasteiger partial charge in [0.05, 0.1) is 23.9 Å². The van der Waals surface area contributed by atoms with Crippen LogP contribution in [-0.2, 0) is 11.0 Å². The largest absolute Gasteiger partial charge is 0.418 e. The smallest absolute Gasteiger partial charge is 0.377 e. The van der Waals surface area contributed by atoms with E-state index in [1.54, 1.807) is 18.2 Å². The number of thioether (sulfide) groups is 1. The lowest BCUT2D eigenvalue weighted by Crippen LogP contribution is -2.75. The number of benzene rings is 2. The van der Waals surface area contributed by atoms with Crippen molar-refractivity contribution < 1.29 is 28.3 Å². The van der Waals surface area contributed by atoms with Crippen LogP contribution in [0, 0.1) is 0 Å². The molecule has 0 radical (unpaired) electrons. The molecule has 1 amide bonds. The molecule has 0 bridgehead atoms. The van der Waals surface area contributed by atoms with Gasteiger partial charge in [-0.3, -0.25) is 9.80 Å². The lowest BCUT2D eigenvalue weighted by Gasteiger charge is -2.20. The van der Waals surface area contributed by atoms with Crippen LogP contribution in [0.25, 0.3) is 0 Å². The number of anilines is 2. The summed E-state index contributed by atoms with van der Waals surface area (Å²) in [6.45, 7) is 0. The first kappa shape index (κ1) is 25.3. The quantitative estimate of drug-likeness (QED) is 0.126. The molecule has 0 atom stereocenters. The summed E-state index contributed by atoms with van der Waals surface area (Å²) in [6.07, 6.45) is -4.53. The summed E-state index contributed by atoms with van der Waals surface area (Å²) in [6, 6.07) is 8.35. The fourth-order valence-corrected chi connectivity index (χ4v) is 3.52. The zero-order valence-corrected chi connectivity index (χ0v) is 18.7. The van der Waals surface area contributed by atoms with Gasteiger partial charge in [-0.25, -0.2) is 10.7 Å². The van der Waals surface area contributed by atoms with Gasteiger partial charge in [0.15, 0.2) is 5.69 Å². The number of hydrazone groups is 1. The summed E-state index contributed by atoms with van der Waals surface area (Å²) < 4.78 is 39.9. The Hall–Kier alpha value is -3.00. The highest BCUT2D eigenvalue weighted by Crippen LogP contribution is 2.37. The number of amides is 1. The number of nitrogens with two attached hydrogens (primary N) is 3. The molecule has 0 aliphatic rings. The van der Waals surface area contributed by atoms with Crippen LogP contribution in [-0.4, -0.2) is 44.3 Å². The molecule has 2 aromatic rings. The normalized spacial score (nSPS) is 11.9. The number of halogens is 3. The van der Waals surface area contributed by atoms with E-state index in [1.165, 1.54) is 55.8 Å². The Bertz CT molecular complexity index is 997. The maximum atomic E-state index is 13.3. The van der Waals surface area contributed by atoms with Crippen LogP contribution in [0.3, 0.4) is 0 Å². The van der Waals surface area contributed by atoms with Gasteiger partial charge in [0, 0.05) is 43.9 Å². The summed E-state index contributed by atoms with van der Waals surface area (Å²) in [7, 11) is 5.99. The molecule has 0 fully saturated rings. The molecule has 0 heterocycles. The summed E-state index contributed by atoms with van der Waals surface area (Å²) in [5.41, 5.74) is 1.61. The number of nitrogens with zero attached hydrogens (tertiary/aromatic N) is 3. The van der Waals surface area contributed by atoms with Crippen molar-refractivity contribution in [2.45, 2.75) is 11.1 Å². The zero-order valence-electron chi connectivity index (χ0n) is 17.9. The topological polar surface area (TPSA) is 126 Å². The zero-order chi connectivity index (χ0) is 24.1. The molecule has 32 heavy (non-hydrogen) atoms. The van der Waals surface area contributed by atoms with Crippen LogP contribution in [0.4, 0.5) is 30.2 Å². The highest BCUT2D eigenvalue weighted by Gasteiger charge is 2.34. The van der Waals surface area contributed by atoms with E-state index in [9.17, 15) is 18.0 Å². The molecule has 7 N–H and O–H groups in total. The van der Waals surface area contributed by atoms with Crippen molar-refractivity contribution in [3.05, 3.63) is 47.5 Å². The number of rotatable bonds is 6. The minimum atomic E-state index is -4.53. The maximum Gasteiger partial charge on any atom is 0.418 e. The third kappa shape index (κ3) is 6.26. The first-order valence-electron chi connectivity index (χ1n) is 9.12. The SMILES string of the molecule is CO[NH2+]c1ccc(S/C(=N/N)N(C)N)c(C(=O)Nc2ccc(C(F)(F)F)c(N(C)C)c2)c1. The number of hydrogen-bond acceptors (Lipinski definition) is 7. The van der Waals surface area contributed by atoms with Crippen LogP contribution in [0.5, 0.6) is 0 Å². The average molecular weight is 473 g/mol. The predicted octanol–water partition coefficient (Wildman–Crippen LogP) is 1.91. The maximum absolute atomic E-state index is 13.3. The van der Waals surface area contributed by atoms with Gasteiger partial charge in [0.1, 0.15) is 0 Å². The number of carbonyl (C=O) groups excluding carboxylic acids is 1. The van der Waals surface area contributed by atoms with Gasteiger partial charge in [-0.2, -0.15) is 23.8 Å². The molecule has 0 aromatic heterocycles. The second-order valence-corrected chi connectivity index (χ2v) is 7.82. The molecule has 0 spiro atoms. The number of quaternary nitrogens is 1. The first-order valence-corrected chi connectivity index (χ1v) is 9.93. The van der Waals surface area contributed by atoms with Gasteiger partial charge in [-0.15, -0.1) is 0 Å². The molecule has 0 aliphatic heterocycles. The van der Waals surface area contributed by atoms with E-state index in [4.69, 9.17) is 16.5 Å². The van der Waals surface area contributed by atoms with Crippen LogP contribution in [0.1, 0.15) is 15.9 Å². The van der Waals surface area contributed by atoms with Crippen LogP contribution < -0.4 is 27.4 Å². The van der Waals surface area contributed by atoms with E-state index < -0.39 is 17.6 Å². The number of nitrogens with one attached hydrogen (secondary N) is 1. The Balaban J connectivity index is 2.43. The Morgan fingerprint density at radius 3 is 2.41 bits per heavy atom. The third-order valence-electron chi connectivity index (χ3n) is 4.16. The lowest BCUT2D eigenvalue weighted by atomic mass is 10.1. The molecule has 9 nitrogen and oxygen atoms in total. The second-order valence-electron chi connectivity index (χ2n) is 6.81. The van der Waals surface area contributed by atoms with Gasteiger partial charge in [-0.1, -0.05) is 0 Å². The average Bonchev–Trinajstić information content (AvgIpc) is 2.71. The van der Waals surface area contributed by atoms with Crippen molar-refractivity contribution >= 4 is 39.9 Å².